The molecule has 0 amide bonds. The van der Waals surface area contributed by atoms with E-state index >= 15 is 0 Å². The van der Waals surface area contributed by atoms with Gasteiger partial charge in [-0.15, -0.1) is 0 Å². The van der Waals surface area contributed by atoms with E-state index in [2.05, 4.69) is 10.1 Å². The summed E-state index contributed by atoms with van der Waals surface area (Å²) in [6, 6.07) is 8.05. The molecule has 0 aliphatic heterocycles. The third-order valence-electron chi connectivity index (χ3n) is 4.11. The molecule has 1 aliphatic carbocycles. The van der Waals surface area contributed by atoms with Crippen LogP contribution in [0.2, 0.25) is 0 Å². The molecule has 0 atom stereocenters. The van der Waals surface area contributed by atoms with Crippen molar-refractivity contribution < 1.29 is 9.26 Å². The maximum Gasteiger partial charge on any atom is 0.231 e. The van der Waals surface area contributed by atoms with Gasteiger partial charge >= 0.3 is 0 Å². The molecule has 5 heteroatoms. The highest BCUT2D eigenvalue weighted by Crippen LogP contribution is 2.42. The van der Waals surface area contributed by atoms with Crippen molar-refractivity contribution in [2.75, 3.05) is 7.11 Å². The van der Waals surface area contributed by atoms with Crippen molar-refractivity contribution in [3.8, 4) is 0 Å². The lowest BCUT2D eigenvalue weighted by molar-refractivity contribution is -0.0858. The molecule has 20 heavy (non-hydrogen) atoms. The fourth-order valence-corrected chi connectivity index (χ4v) is 2.62. The Labute approximate surface area is 118 Å². The first-order valence-electron chi connectivity index (χ1n) is 6.92. The van der Waals surface area contributed by atoms with E-state index in [1.54, 1.807) is 7.11 Å². The monoisotopic (exact) mass is 273 g/mol. The standard InChI is InChI=1S/C15H19N3O2/c1-19-15(7-4-8-15)14-17-13(20-18-14)9-11-5-2-3-6-12(11)10-16/h2-3,5-6H,4,7-10,16H2,1H3. The number of hydrogen-bond donors (Lipinski definition) is 1. The molecule has 0 bridgehead atoms. The number of benzene rings is 1. The van der Waals surface area contributed by atoms with E-state index in [0.29, 0.717) is 24.7 Å². The fraction of sp³-hybridized carbons (Fsp3) is 0.467. The molecular weight excluding hydrogens is 254 g/mol. The van der Waals surface area contributed by atoms with E-state index in [-0.39, 0.29) is 5.60 Å². The van der Waals surface area contributed by atoms with Gasteiger partial charge in [-0.25, -0.2) is 0 Å². The molecule has 2 N–H and O–H groups in total. The molecule has 5 nitrogen and oxygen atoms in total. The first-order chi connectivity index (χ1) is 9.77. The van der Waals surface area contributed by atoms with Crippen molar-refractivity contribution in [2.45, 2.75) is 37.8 Å². The Morgan fingerprint density at radius 2 is 2.05 bits per heavy atom. The molecule has 0 unspecified atom stereocenters. The molecule has 1 fully saturated rings. The lowest BCUT2D eigenvalue weighted by Gasteiger charge is -2.37. The number of aromatic nitrogens is 2. The quantitative estimate of drug-likeness (QED) is 0.903. The smallest absolute Gasteiger partial charge is 0.231 e. The van der Waals surface area contributed by atoms with E-state index < -0.39 is 0 Å². The molecule has 1 aromatic heterocycles. The maximum atomic E-state index is 5.74. The summed E-state index contributed by atoms with van der Waals surface area (Å²) in [5, 5.41) is 4.09. The average Bonchev–Trinajstić information content (AvgIpc) is 2.88. The lowest BCUT2D eigenvalue weighted by atomic mass is 9.79. The molecule has 106 valence electrons. The van der Waals surface area contributed by atoms with Gasteiger partial charge in [-0.3, -0.25) is 0 Å². The van der Waals surface area contributed by atoms with Crippen molar-refractivity contribution in [2.24, 2.45) is 5.73 Å². The highest BCUT2D eigenvalue weighted by molar-refractivity contribution is 5.29. The minimum atomic E-state index is -0.324. The van der Waals surface area contributed by atoms with Gasteiger partial charge in [-0.05, 0) is 30.4 Å². The van der Waals surface area contributed by atoms with Crippen LogP contribution in [0.4, 0.5) is 0 Å². The van der Waals surface area contributed by atoms with Gasteiger partial charge in [0.05, 0.1) is 6.42 Å². The number of rotatable bonds is 5. The van der Waals surface area contributed by atoms with E-state index in [9.17, 15) is 0 Å². The third kappa shape index (κ3) is 2.23. The zero-order valence-electron chi connectivity index (χ0n) is 11.6. The Morgan fingerprint density at radius 1 is 1.30 bits per heavy atom. The van der Waals surface area contributed by atoms with Crippen molar-refractivity contribution in [3.05, 3.63) is 47.1 Å². The van der Waals surface area contributed by atoms with Gasteiger partial charge in [0.1, 0.15) is 5.60 Å². The summed E-state index contributed by atoms with van der Waals surface area (Å²) < 4.78 is 10.9. The summed E-state index contributed by atoms with van der Waals surface area (Å²) in [6.45, 7) is 0.513. The summed E-state index contributed by atoms with van der Waals surface area (Å²) in [6.07, 6.45) is 3.68. The highest BCUT2D eigenvalue weighted by Gasteiger charge is 2.43. The second kappa shape index (κ2) is 5.34. The predicted molar refractivity (Wildman–Crippen MR) is 74.0 cm³/mol. The summed E-state index contributed by atoms with van der Waals surface area (Å²) >= 11 is 0. The largest absolute Gasteiger partial charge is 0.370 e. The summed E-state index contributed by atoms with van der Waals surface area (Å²) in [5.74, 6) is 1.29. The highest BCUT2D eigenvalue weighted by atomic mass is 16.5. The van der Waals surface area contributed by atoms with Gasteiger partial charge in [0, 0.05) is 13.7 Å². The van der Waals surface area contributed by atoms with Crippen LogP contribution in [0.3, 0.4) is 0 Å². The van der Waals surface area contributed by atoms with Gasteiger partial charge in [-0.1, -0.05) is 29.4 Å². The number of hydrogen-bond acceptors (Lipinski definition) is 5. The Kier molecular flexibility index (Phi) is 3.54. The molecular formula is C15H19N3O2. The minimum absolute atomic E-state index is 0.324. The Bertz CT molecular complexity index is 585. The molecule has 0 spiro atoms. The number of methoxy groups -OCH3 is 1. The van der Waals surface area contributed by atoms with Crippen LogP contribution in [-0.2, 0) is 23.3 Å². The molecule has 2 aromatic rings. The first kappa shape index (κ1) is 13.3. The Morgan fingerprint density at radius 3 is 2.65 bits per heavy atom. The Balaban J connectivity index is 1.81. The third-order valence-corrected chi connectivity index (χ3v) is 4.11. The summed E-state index contributed by atoms with van der Waals surface area (Å²) in [5.41, 5.74) is 7.66. The number of nitrogens with zero attached hydrogens (tertiary/aromatic N) is 2. The molecule has 0 saturated heterocycles. The van der Waals surface area contributed by atoms with Crippen molar-refractivity contribution in [1.82, 2.24) is 10.1 Å². The van der Waals surface area contributed by atoms with Gasteiger partial charge < -0.3 is 15.0 Å². The van der Waals surface area contributed by atoms with Crippen LogP contribution in [0.15, 0.2) is 28.8 Å². The molecule has 1 aromatic carbocycles. The predicted octanol–water partition coefficient (Wildman–Crippen LogP) is 2.14. The zero-order valence-corrected chi connectivity index (χ0v) is 11.6. The number of nitrogens with two attached hydrogens (primary N) is 1. The summed E-state index contributed by atoms with van der Waals surface area (Å²) in [7, 11) is 1.71. The van der Waals surface area contributed by atoms with Crippen LogP contribution >= 0.6 is 0 Å². The Hall–Kier alpha value is -1.72. The SMILES string of the molecule is COC1(c2noc(Cc3ccccc3CN)n2)CCC1. The van der Waals surface area contributed by atoms with Crippen LogP contribution in [0.5, 0.6) is 0 Å². The first-order valence-corrected chi connectivity index (χ1v) is 6.92. The van der Waals surface area contributed by atoms with Crippen LogP contribution < -0.4 is 5.73 Å². The van der Waals surface area contributed by atoms with Gasteiger partial charge in [0.25, 0.3) is 0 Å². The second-order valence-corrected chi connectivity index (χ2v) is 5.21. The van der Waals surface area contributed by atoms with Gasteiger partial charge in [-0.2, -0.15) is 4.98 Å². The normalized spacial score (nSPS) is 16.9. The average molecular weight is 273 g/mol. The molecule has 1 aliphatic rings. The minimum Gasteiger partial charge on any atom is -0.370 e. The van der Waals surface area contributed by atoms with Crippen LogP contribution in [0, 0.1) is 0 Å². The topological polar surface area (TPSA) is 74.2 Å². The second-order valence-electron chi connectivity index (χ2n) is 5.21. The fourth-order valence-electron chi connectivity index (χ4n) is 2.62. The van der Waals surface area contributed by atoms with Crippen molar-refractivity contribution in [3.63, 3.8) is 0 Å². The van der Waals surface area contributed by atoms with E-state index in [4.69, 9.17) is 15.0 Å². The van der Waals surface area contributed by atoms with E-state index in [0.717, 1.165) is 30.4 Å². The summed E-state index contributed by atoms with van der Waals surface area (Å²) in [4.78, 5) is 4.50. The molecule has 3 rings (SSSR count). The number of ether oxygens (including phenoxy) is 1. The molecule has 1 saturated carbocycles. The van der Waals surface area contributed by atoms with Crippen LogP contribution in [-0.4, -0.2) is 17.3 Å². The van der Waals surface area contributed by atoms with Crippen LogP contribution in [0.25, 0.3) is 0 Å². The van der Waals surface area contributed by atoms with Gasteiger partial charge in [0.15, 0.2) is 0 Å². The molecule has 0 radical (unpaired) electrons. The van der Waals surface area contributed by atoms with E-state index in [1.807, 2.05) is 24.3 Å². The molecule has 1 heterocycles. The van der Waals surface area contributed by atoms with Gasteiger partial charge in [0.2, 0.25) is 11.7 Å². The zero-order chi connectivity index (χ0) is 14.0. The lowest BCUT2D eigenvalue weighted by Crippen LogP contribution is -2.37. The van der Waals surface area contributed by atoms with Crippen LogP contribution in [0.1, 0.15) is 42.1 Å². The van der Waals surface area contributed by atoms with Crippen molar-refractivity contribution in [1.29, 1.82) is 0 Å². The van der Waals surface area contributed by atoms with E-state index in [1.165, 1.54) is 0 Å². The maximum absolute atomic E-state index is 5.74. The van der Waals surface area contributed by atoms with Crippen molar-refractivity contribution >= 4 is 0 Å².